The van der Waals surface area contributed by atoms with Gasteiger partial charge in [0.15, 0.2) is 5.65 Å². The van der Waals surface area contributed by atoms with Crippen LogP contribution in [0.2, 0.25) is 5.02 Å². The zero-order valence-electron chi connectivity index (χ0n) is 31.1. The summed E-state index contributed by atoms with van der Waals surface area (Å²) in [4.78, 5) is 52.1. The molecule has 0 radical (unpaired) electrons. The Labute approximate surface area is 317 Å². The maximum atomic E-state index is 13.0. The lowest BCUT2D eigenvalue weighted by molar-refractivity contribution is 0.159. The van der Waals surface area contributed by atoms with Crippen molar-refractivity contribution in [2.75, 3.05) is 52.3 Å². The van der Waals surface area contributed by atoms with Gasteiger partial charge in [-0.15, -0.1) is 0 Å². The molecular weight excluding hydrogens is 710 g/mol. The molecule has 5 heterocycles. The fourth-order valence-corrected chi connectivity index (χ4v) is 7.95. The van der Waals surface area contributed by atoms with E-state index in [0.29, 0.717) is 29.9 Å². The average molecular weight is 754 g/mol. The van der Waals surface area contributed by atoms with E-state index < -0.39 is 11.2 Å². The first-order chi connectivity index (χ1) is 26.1. The molecule has 15 heteroatoms. The fraction of sp³-hybridized carbons (Fsp3) is 0.385. The molecule has 3 N–H and O–H groups in total. The van der Waals surface area contributed by atoms with E-state index in [1.165, 1.54) is 29.1 Å². The molecule has 2 aliphatic heterocycles. The van der Waals surface area contributed by atoms with Crippen molar-refractivity contribution in [3.05, 3.63) is 91.3 Å². The summed E-state index contributed by atoms with van der Waals surface area (Å²) in [6.45, 7) is 5.97. The number of carbonyl (C=O) groups excluding carboxylic acids is 1. The molecule has 0 saturated carbocycles. The number of urea groups is 1. The second kappa shape index (κ2) is 15.2. The summed E-state index contributed by atoms with van der Waals surface area (Å²) in [5.41, 5.74) is 6.80. The van der Waals surface area contributed by atoms with E-state index in [1.807, 2.05) is 48.2 Å². The summed E-state index contributed by atoms with van der Waals surface area (Å²) in [5.74, 6) is 0.977. The highest BCUT2D eigenvalue weighted by atomic mass is 35.5. The van der Waals surface area contributed by atoms with Crippen molar-refractivity contribution in [3.63, 3.8) is 0 Å². The summed E-state index contributed by atoms with van der Waals surface area (Å²) in [6.07, 6.45) is 5.43. The van der Waals surface area contributed by atoms with Gasteiger partial charge >= 0.3 is 11.7 Å². The number of benzene rings is 2. The zero-order chi connectivity index (χ0) is 38.1. The number of hydrogen-bond acceptors (Lipinski definition) is 10. The summed E-state index contributed by atoms with van der Waals surface area (Å²) in [5, 5.41) is 10.5. The van der Waals surface area contributed by atoms with Crippen LogP contribution in [0.1, 0.15) is 29.5 Å². The van der Waals surface area contributed by atoms with Crippen LogP contribution < -0.4 is 31.9 Å². The molecule has 5 aromatic rings. The van der Waals surface area contributed by atoms with E-state index in [1.54, 1.807) is 21.3 Å². The van der Waals surface area contributed by atoms with Gasteiger partial charge in [0.1, 0.15) is 17.5 Å². The number of carbonyl (C=O) groups is 1. The van der Waals surface area contributed by atoms with E-state index in [-0.39, 0.29) is 22.6 Å². The number of aromatic nitrogens is 5. The topological polar surface area (TPSA) is 158 Å². The lowest BCUT2D eigenvalue weighted by Crippen LogP contribution is -2.45. The molecular formula is C39H44ClN9O5. The number of aryl methyl sites for hydroxylation is 2. The number of anilines is 2. The second-order valence-electron chi connectivity index (χ2n) is 14.0. The maximum Gasteiger partial charge on any atom is 0.332 e. The number of fused-ring (bicyclic) bond motifs is 2. The number of pyridine rings is 1. The second-order valence-corrected chi connectivity index (χ2v) is 14.3. The van der Waals surface area contributed by atoms with E-state index in [4.69, 9.17) is 26.1 Å². The quantitative estimate of drug-likeness (QED) is 0.208. The van der Waals surface area contributed by atoms with Crippen LogP contribution in [-0.4, -0.2) is 87.6 Å². The number of methoxy groups -OCH3 is 2. The Hall–Kier alpha value is -5.31. The molecule has 14 nitrogen and oxygen atoms in total. The van der Waals surface area contributed by atoms with Crippen molar-refractivity contribution in [3.8, 4) is 28.3 Å². The highest BCUT2D eigenvalue weighted by molar-refractivity contribution is 6.36. The number of nitrogens with zero attached hydrogens (tertiary/aromatic N) is 6. The van der Waals surface area contributed by atoms with Crippen molar-refractivity contribution in [1.82, 2.24) is 39.6 Å². The van der Waals surface area contributed by atoms with Gasteiger partial charge in [0.05, 0.1) is 30.0 Å². The Bertz CT molecular complexity index is 2370. The molecule has 1 unspecified atom stereocenters. The molecule has 1 spiro atoms. The molecule has 54 heavy (non-hydrogen) atoms. The van der Waals surface area contributed by atoms with Gasteiger partial charge in [0.25, 0.3) is 5.56 Å². The highest BCUT2D eigenvalue weighted by Crippen LogP contribution is 2.41. The van der Waals surface area contributed by atoms with Crippen LogP contribution in [0, 0.1) is 6.92 Å². The van der Waals surface area contributed by atoms with Crippen LogP contribution in [0.4, 0.5) is 16.3 Å². The van der Waals surface area contributed by atoms with Crippen LogP contribution in [0.5, 0.6) is 5.88 Å². The van der Waals surface area contributed by atoms with Crippen LogP contribution in [0.3, 0.4) is 0 Å². The molecule has 2 fully saturated rings. The predicted octanol–water partition coefficient (Wildman–Crippen LogP) is 4.35. The fourth-order valence-electron chi connectivity index (χ4n) is 7.62. The Morgan fingerprint density at radius 2 is 1.78 bits per heavy atom. The molecule has 3 aliphatic rings. The first-order valence-corrected chi connectivity index (χ1v) is 18.3. The molecule has 1 aliphatic carbocycles. The molecule has 282 valence electrons. The van der Waals surface area contributed by atoms with Gasteiger partial charge in [-0.2, -0.15) is 0 Å². The lowest BCUT2D eigenvalue weighted by atomic mass is 9.96. The standard InChI is InChI=1S/C30H27ClN6O3.C9H17N3O2/c1-16-18(20-11-6-12-21(25(20)31)23-14-17-8-5-10-19(17)28(35-23)40-4)9-7-13-22(16)34-26-24-27(33-15-32-26)36(2)30(39)37(3)29(24)38;1-14-5-4-12-7-9(11-8(12)13)2-3-10-6-9/h6-7,9,11-15H,5,8,10H2,1-4H3,(H,32,33,34);10H,2-7H2,1H3,(H,11,13). The Morgan fingerprint density at radius 3 is 2.54 bits per heavy atom. The maximum absolute atomic E-state index is 13.0. The van der Waals surface area contributed by atoms with Crippen LogP contribution >= 0.6 is 11.6 Å². The van der Waals surface area contributed by atoms with Crippen LogP contribution in [-0.2, 0) is 31.7 Å². The molecule has 3 aromatic heterocycles. The first-order valence-electron chi connectivity index (χ1n) is 18.0. The minimum Gasteiger partial charge on any atom is -0.481 e. The zero-order valence-corrected chi connectivity index (χ0v) is 31.8. The van der Waals surface area contributed by atoms with Crippen molar-refractivity contribution >= 4 is 40.2 Å². The van der Waals surface area contributed by atoms with Gasteiger partial charge in [0.2, 0.25) is 5.88 Å². The van der Waals surface area contributed by atoms with E-state index in [0.717, 1.165) is 83.5 Å². The third-order valence-electron chi connectivity index (χ3n) is 10.6. The summed E-state index contributed by atoms with van der Waals surface area (Å²) in [6, 6.07) is 13.9. The van der Waals surface area contributed by atoms with Crippen LogP contribution in [0.15, 0.2) is 58.4 Å². The number of halogens is 1. The number of nitrogens with one attached hydrogen (secondary N) is 3. The van der Waals surface area contributed by atoms with Crippen LogP contribution in [0.25, 0.3) is 33.4 Å². The SMILES string of the molecule is COCCN1CC2(CCNC2)NC1=O.COc1nc(-c2cccc(-c3cccc(Nc4ncnc5c4c(=O)n(C)c(=O)n5C)c3C)c2Cl)cc2c1CCC2. The third-order valence-corrected chi connectivity index (χ3v) is 11.0. The van der Waals surface area contributed by atoms with Gasteiger partial charge in [-0.3, -0.25) is 13.9 Å². The van der Waals surface area contributed by atoms with E-state index in [2.05, 4.69) is 32.0 Å². The number of ether oxygens (including phenoxy) is 2. The van der Waals surface area contributed by atoms with Crippen molar-refractivity contribution in [2.45, 2.75) is 38.1 Å². The summed E-state index contributed by atoms with van der Waals surface area (Å²) >= 11 is 7.06. The largest absolute Gasteiger partial charge is 0.481 e. The Balaban J connectivity index is 0.000000269. The Kier molecular flexibility index (Phi) is 10.4. The van der Waals surface area contributed by atoms with Crippen molar-refractivity contribution in [2.24, 2.45) is 14.1 Å². The smallest absolute Gasteiger partial charge is 0.332 e. The Morgan fingerprint density at radius 1 is 1.00 bits per heavy atom. The van der Waals surface area contributed by atoms with Gasteiger partial charge < -0.3 is 30.3 Å². The minimum absolute atomic E-state index is 0.00910. The lowest BCUT2D eigenvalue weighted by Gasteiger charge is -2.21. The predicted molar refractivity (Wildman–Crippen MR) is 209 cm³/mol. The third kappa shape index (κ3) is 6.80. The number of hydrogen-bond donors (Lipinski definition) is 3. The van der Waals surface area contributed by atoms with Gasteiger partial charge in [0, 0.05) is 63.2 Å². The minimum atomic E-state index is -0.469. The average Bonchev–Trinajstić information content (AvgIpc) is 3.93. The normalized spacial score (nSPS) is 17.4. The van der Waals surface area contributed by atoms with Gasteiger partial charge in [-0.1, -0.05) is 41.9 Å². The monoisotopic (exact) mass is 753 g/mol. The number of amides is 2. The molecule has 2 saturated heterocycles. The molecule has 2 aromatic carbocycles. The molecule has 0 bridgehead atoms. The first kappa shape index (κ1) is 37.0. The van der Waals surface area contributed by atoms with E-state index >= 15 is 0 Å². The van der Waals surface area contributed by atoms with Crippen molar-refractivity contribution < 1.29 is 14.3 Å². The van der Waals surface area contributed by atoms with E-state index in [9.17, 15) is 14.4 Å². The summed E-state index contributed by atoms with van der Waals surface area (Å²) < 4.78 is 13.0. The molecule has 2 amide bonds. The highest BCUT2D eigenvalue weighted by Gasteiger charge is 2.44. The van der Waals surface area contributed by atoms with Gasteiger partial charge in [-0.25, -0.2) is 24.5 Å². The van der Waals surface area contributed by atoms with Crippen molar-refractivity contribution in [1.29, 1.82) is 0 Å². The van der Waals surface area contributed by atoms with Gasteiger partial charge in [-0.05, 0) is 68.0 Å². The number of rotatable bonds is 8. The molecule has 8 rings (SSSR count). The summed E-state index contributed by atoms with van der Waals surface area (Å²) in [7, 11) is 6.32. The molecule has 1 atom stereocenters.